The van der Waals surface area contributed by atoms with Crippen LogP contribution in [0, 0.1) is 6.92 Å². The van der Waals surface area contributed by atoms with Crippen molar-refractivity contribution in [3.05, 3.63) is 52.3 Å². The van der Waals surface area contributed by atoms with E-state index in [4.69, 9.17) is 11.6 Å². The van der Waals surface area contributed by atoms with E-state index in [1.165, 1.54) is 5.56 Å². The normalized spacial score (nSPS) is 10.5. The number of rotatable bonds is 3. The summed E-state index contributed by atoms with van der Waals surface area (Å²) in [4.78, 5) is 12.8. The van der Waals surface area contributed by atoms with Gasteiger partial charge in [-0.2, -0.15) is 0 Å². The van der Waals surface area contributed by atoms with Crippen LogP contribution >= 0.6 is 11.6 Å². The van der Waals surface area contributed by atoms with Gasteiger partial charge in [-0.25, -0.2) is 9.97 Å². The lowest BCUT2D eigenvalue weighted by molar-refractivity contribution is 0.882. The van der Waals surface area contributed by atoms with Gasteiger partial charge in [-0.1, -0.05) is 18.5 Å². The number of pyridine rings is 1. The molecule has 0 spiro atoms. The van der Waals surface area contributed by atoms with Gasteiger partial charge in [0.05, 0.1) is 5.69 Å². The Bertz CT molecular complexity index is 512. The van der Waals surface area contributed by atoms with E-state index in [1.54, 1.807) is 12.4 Å². The highest BCUT2D eigenvalue weighted by atomic mass is 35.5. The fraction of sp³-hybridized carbons (Fsp3) is 0.308. The molecule has 0 bridgehead atoms. The van der Waals surface area contributed by atoms with Crippen LogP contribution in [0.15, 0.2) is 24.5 Å². The van der Waals surface area contributed by atoms with Crippen molar-refractivity contribution in [3.8, 4) is 0 Å². The summed E-state index contributed by atoms with van der Waals surface area (Å²) in [7, 11) is 0. The first-order valence-corrected chi connectivity index (χ1v) is 5.99. The van der Waals surface area contributed by atoms with E-state index in [0.29, 0.717) is 5.15 Å². The summed E-state index contributed by atoms with van der Waals surface area (Å²) < 4.78 is 0. The van der Waals surface area contributed by atoms with Crippen LogP contribution in [0.1, 0.15) is 29.6 Å². The quantitative estimate of drug-likeness (QED) is 0.783. The molecule has 0 aliphatic rings. The second-order valence-corrected chi connectivity index (χ2v) is 4.25. The van der Waals surface area contributed by atoms with Crippen LogP contribution in [0.25, 0.3) is 0 Å². The molecule has 0 saturated heterocycles. The molecule has 88 valence electrons. The standard InChI is InChI=1S/C13H14ClN3/c1-3-12-16-11(9(2)13(14)17-12)8-10-4-6-15-7-5-10/h4-7H,3,8H2,1-2H3. The van der Waals surface area contributed by atoms with Gasteiger partial charge in [-0.15, -0.1) is 0 Å². The Morgan fingerprint density at radius 2 is 1.88 bits per heavy atom. The summed E-state index contributed by atoms with van der Waals surface area (Å²) in [6, 6.07) is 3.97. The highest BCUT2D eigenvalue weighted by molar-refractivity contribution is 6.30. The summed E-state index contributed by atoms with van der Waals surface area (Å²) in [6.07, 6.45) is 5.13. The maximum absolute atomic E-state index is 6.10. The molecule has 0 N–H and O–H groups in total. The molecular weight excluding hydrogens is 234 g/mol. The lowest BCUT2D eigenvalue weighted by Gasteiger charge is -2.08. The van der Waals surface area contributed by atoms with Crippen LogP contribution < -0.4 is 0 Å². The molecule has 2 heterocycles. The van der Waals surface area contributed by atoms with Gasteiger partial charge in [0.1, 0.15) is 11.0 Å². The van der Waals surface area contributed by atoms with Crippen molar-refractivity contribution in [1.29, 1.82) is 0 Å². The monoisotopic (exact) mass is 247 g/mol. The molecule has 0 aromatic carbocycles. The molecule has 0 unspecified atom stereocenters. The molecule has 4 heteroatoms. The number of halogens is 1. The van der Waals surface area contributed by atoms with Crippen molar-refractivity contribution in [2.45, 2.75) is 26.7 Å². The maximum atomic E-state index is 6.10. The maximum Gasteiger partial charge on any atom is 0.135 e. The SMILES string of the molecule is CCc1nc(Cl)c(C)c(Cc2ccncc2)n1. The third-order valence-corrected chi connectivity index (χ3v) is 3.04. The molecule has 2 aromatic rings. The van der Waals surface area contributed by atoms with Gasteiger partial charge in [0, 0.05) is 30.8 Å². The van der Waals surface area contributed by atoms with E-state index in [9.17, 15) is 0 Å². The summed E-state index contributed by atoms with van der Waals surface area (Å²) >= 11 is 6.10. The smallest absolute Gasteiger partial charge is 0.135 e. The summed E-state index contributed by atoms with van der Waals surface area (Å²) in [5, 5.41) is 0.556. The predicted octanol–water partition coefficient (Wildman–Crippen LogP) is 2.99. The fourth-order valence-corrected chi connectivity index (χ4v) is 1.81. The molecule has 0 atom stereocenters. The molecule has 0 aliphatic carbocycles. The predicted molar refractivity (Wildman–Crippen MR) is 68.2 cm³/mol. The van der Waals surface area contributed by atoms with Crippen molar-refractivity contribution >= 4 is 11.6 Å². The Labute approximate surface area is 106 Å². The summed E-state index contributed by atoms with van der Waals surface area (Å²) in [6.45, 7) is 3.98. The minimum atomic E-state index is 0.556. The zero-order chi connectivity index (χ0) is 12.3. The van der Waals surface area contributed by atoms with Crippen LogP contribution in [0.5, 0.6) is 0 Å². The third kappa shape index (κ3) is 2.80. The van der Waals surface area contributed by atoms with E-state index >= 15 is 0 Å². The van der Waals surface area contributed by atoms with Crippen LogP contribution in [0.2, 0.25) is 5.15 Å². The van der Waals surface area contributed by atoms with Gasteiger partial charge >= 0.3 is 0 Å². The topological polar surface area (TPSA) is 38.7 Å². The number of hydrogen-bond donors (Lipinski definition) is 0. The molecule has 0 aliphatic heterocycles. The second-order valence-electron chi connectivity index (χ2n) is 3.89. The first-order valence-electron chi connectivity index (χ1n) is 5.61. The number of aryl methyl sites for hydroxylation is 1. The Morgan fingerprint density at radius 1 is 1.18 bits per heavy atom. The van der Waals surface area contributed by atoms with E-state index in [2.05, 4.69) is 15.0 Å². The summed E-state index contributed by atoms with van der Waals surface area (Å²) in [5.41, 5.74) is 3.13. The fourth-order valence-electron chi connectivity index (χ4n) is 1.61. The van der Waals surface area contributed by atoms with Gasteiger partial charge in [0.15, 0.2) is 0 Å². The number of hydrogen-bond acceptors (Lipinski definition) is 3. The third-order valence-electron chi connectivity index (χ3n) is 2.67. The van der Waals surface area contributed by atoms with Crippen molar-refractivity contribution in [1.82, 2.24) is 15.0 Å². The van der Waals surface area contributed by atoms with E-state index in [-0.39, 0.29) is 0 Å². The Balaban J connectivity index is 2.35. The largest absolute Gasteiger partial charge is 0.265 e. The van der Waals surface area contributed by atoms with E-state index < -0.39 is 0 Å². The average molecular weight is 248 g/mol. The van der Waals surface area contributed by atoms with Crippen LogP contribution in [0.4, 0.5) is 0 Å². The molecule has 0 radical (unpaired) electrons. The highest BCUT2D eigenvalue weighted by Crippen LogP contribution is 2.18. The molecule has 0 fully saturated rings. The molecule has 2 aromatic heterocycles. The van der Waals surface area contributed by atoms with Gasteiger partial charge in [0.2, 0.25) is 0 Å². The molecule has 0 saturated carbocycles. The first kappa shape index (κ1) is 12.0. The van der Waals surface area contributed by atoms with Crippen LogP contribution in [-0.4, -0.2) is 15.0 Å². The lowest BCUT2D eigenvalue weighted by atomic mass is 10.1. The zero-order valence-corrected chi connectivity index (χ0v) is 10.7. The Hall–Kier alpha value is -1.48. The van der Waals surface area contributed by atoms with Gasteiger partial charge in [-0.3, -0.25) is 4.98 Å². The minimum absolute atomic E-state index is 0.556. The van der Waals surface area contributed by atoms with Crippen molar-refractivity contribution in [3.63, 3.8) is 0 Å². The molecule has 3 nitrogen and oxygen atoms in total. The van der Waals surface area contributed by atoms with Gasteiger partial charge < -0.3 is 0 Å². The second kappa shape index (κ2) is 5.23. The Morgan fingerprint density at radius 3 is 2.53 bits per heavy atom. The molecular formula is C13H14ClN3. The minimum Gasteiger partial charge on any atom is -0.265 e. The van der Waals surface area contributed by atoms with Crippen molar-refractivity contribution in [2.24, 2.45) is 0 Å². The first-order chi connectivity index (χ1) is 8.20. The van der Waals surface area contributed by atoms with Crippen molar-refractivity contribution in [2.75, 3.05) is 0 Å². The number of nitrogens with zero attached hydrogens (tertiary/aromatic N) is 3. The van der Waals surface area contributed by atoms with Crippen LogP contribution in [0.3, 0.4) is 0 Å². The van der Waals surface area contributed by atoms with Gasteiger partial charge in [-0.05, 0) is 24.6 Å². The number of aromatic nitrogens is 3. The highest BCUT2D eigenvalue weighted by Gasteiger charge is 2.09. The van der Waals surface area contributed by atoms with Gasteiger partial charge in [0.25, 0.3) is 0 Å². The molecule has 0 amide bonds. The average Bonchev–Trinajstić information content (AvgIpc) is 2.36. The van der Waals surface area contributed by atoms with Crippen LogP contribution in [-0.2, 0) is 12.8 Å². The summed E-state index contributed by atoms with van der Waals surface area (Å²) in [5.74, 6) is 0.796. The molecule has 17 heavy (non-hydrogen) atoms. The van der Waals surface area contributed by atoms with Crippen molar-refractivity contribution < 1.29 is 0 Å². The molecule has 2 rings (SSSR count). The lowest BCUT2D eigenvalue weighted by Crippen LogP contribution is -2.03. The zero-order valence-electron chi connectivity index (χ0n) is 9.94. The van der Waals surface area contributed by atoms with E-state index in [0.717, 1.165) is 29.9 Å². The van der Waals surface area contributed by atoms with E-state index in [1.807, 2.05) is 26.0 Å². The Kier molecular flexibility index (Phi) is 3.69.